The molecule has 1 aromatic carbocycles. The van der Waals surface area contributed by atoms with Gasteiger partial charge < -0.3 is 26.9 Å². The van der Waals surface area contributed by atoms with Gasteiger partial charge in [-0.05, 0) is 32.4 Å². The third-order valence-corrected chi connectivity index (χ3v) is 4.70. The zero-order valence-electron chi connectivity index (χ0n) is 17.7. The van der Waals surface area contributed by atoms with E-state index < -0.39 is 0 Å². The van der Waals surface area contributed by atoms with Crippen LogP contribution in [0.25, 0.3) is 5.57 Å². The van der Waals surface area contributed by atoms with Gasteiger partial charge in [-0.3, -0.25) is 4.99 Å². The van der Waals surface area contributed by atoms with Crippen LogP contribution in [0.1, 0.15) is 47.7 Å². The number of aromatic nitrogens is 2. The lowest BCUT2D eigenvalue weighted by Gasteiger charge is -2.23. The highest BCUT2D eigenvalue weighted by Gasteiger charge is 2.23. The number of hydrogen-bond donors (Lipinski definition) is 4. The normalized spacial score (nSPS) is 12.5. The molecule has 0 saturated heterocycles. The Hall–Kier alpha value is -3.93. The van der Waals surface area contributed by atoms with Gasteiger partial charge in [0.05, 0.1) is 30.3 Å². The minimum absolute atomic E-state index is 0.217. The third kappa shape index (κ3) is 4.22. The van der Waals surface area contributed by atoms with Crippen LogP contribution in [-0.4, -0.2) is 36.1 Å². The highest BCUT2D eigenvalue weighted by atomic mass is 16.5. The van der Waals surface area contributed by atoms with Gasteiger partial charge in [-0.25, -0.2) is 9.97 Å². The Balaban J connectivity index is 2.69. The van der Waals surface area contributed by atoms with Crippen LogP contribution < -0.4 is 21.5 Å². The molecule has 0 aliphatic rings. The Bertz CT molecular complexity index is 1070. The standard InChI is InChI=1S/C21H26N8O/c1-11-14(7-22)6-16(19(30-5)17(11)15(8-23)9-26-4)13(3)29-21-18(12(2)24)20(25)27-10-28-21/h6,8-10,13,24H,23H2,1-5H3,(H3,25,27,28,29). The molecule has 156 valence electrons. The topological polar surface area (TPSA) is 159 Å². The highest BCUT2D eigenvalue weighted by Crippen LogP contribution is 2.38. The second-order valence-electron chi connectivity index (χ2n) is 6.64. The van der Waals surface area contributed by atoms with Crippen molar-refractivity contribution in [1.29, 1.82) is 10.7 Å². The number of rotatable bonds is 7. The van der Waals surface area contributed by atoms with Crippen LogP contribution in [0.5, 0.6) is 5.75 Å². The van der Waals surface area contributed by atoms with Crippen molar-refractivity contribution in [3.8, 4) is 11.8 Å². The second kappa shape index (κ2) is 9.52. The van der Waals surface area contributed by atoms with Crippen LogP contribution in [0.2, 0.25) is 0 Å². The number of methoxy groups -OCH3 is 1. The van der Waals surface area contributed by atoms with E-state index in [1.165, 1.54) is 12.5 Å². The minimum atomic E-state index is -0.337. The smallest absolute Gasteiger partial charge is 0.141 e. The summed E-state index contributed by atoms with van der Waals surface area (Å²) in [5.74, 6) is 1.21. The number of allylic oxidation sites excluding steroid dienone is 1. The van der Waals surface area contributed by atoms with E-state index in [1.54, 1.807) is 33.4 Å². The molecule has 0 radical (unpaired) electrons. The molecule has 1 atom stereocenters. The summed E-state index contributed by atoms with van der Waals surface area (Å²) in [5, 5.41) is 20.9. The molecule has 1 unspecified atom stereocenters. The van der Waals surface area contributed by atoms with Crippen molar-refractivity contribution >= 4 is 29.1 Å². The van der Waals surface area contributed by atoms with Crippen molar-refractivity contribution in [3.63, 3.8) is 0 Å². The van der Waals surface area contributed by atoms with Crippen LogP contribution >= 0.6 is 0 Å². The molecule has 0 saturated carbocycles. The van der Waals surface area contributed by atoms with Crippen LogP contribution in [0.3, 0.4) is 0 Å². The average Bonchev–Trinajstić information content (AvgIpc) is 2.71. The zero-order valence-corrected chi connectivity index (χ0v) is 17.7. The van der Waals surface area contributed by atoms with Gasteiger partial charge >= 0.3 is 0 Å². The first-order chi connectivity index (χ1) is 14.3. The van der Waals surface area contributed by atoms with E-state index in [1.807, 2.05) is 13.8 Å². The van der Waals surface area contributed by atoms with Gasteiger partial charge in [-0.1, -0.05) is 0 Å². The largest absolute Gasteiger partial charge is 0.496 e. The second-order valence-corrected chi connectivity index (χ2v) is 6.64. The van der Waals surface area contributed by atoms with E-state index in [0.717, 1.165) is 11.1 Å². The predicted octanol–water partition coefficient (Wildman–Crippen LogP) is 2.81. The number of benzene rings is 1. The van der Waals surface area contributed by atoms with E-state index in [2.05, 4.69) is 26.3 Å². The van der Waals surface area contributed by atoms with Crippen molar-refractivity contribution in [1.82, 2.24) is 9.97 Å². The fourth-order valence-corrected chi connectivity index (χ4v) is 3.28. The lowest BCUT2D eigenvalue weighted by atomic mass is 9.91. The summed E-state index contributed by atoms with van der Waals surface area (Å²) < 4.78 is 5.74. The third-order valence-electron chi connectivity index (χ3n) is 4.70. The molecule has 2 aromatic rings. The molecular weight excluding hydrogens is 380 g/mol. The molecule has 30 heavy (non-hydrogen) atoms. The van der Waals surface area contributed by atoms with Crippen molar-refractivity contribution < 1.29 is 4.74 Å². The Labute approximate surface area is 176 Å². The van der Waals surface area contributed by atoms with Gasteiger partial charge in [0.2, 0.25) is 0 Å². The summed E-state index contributed by atoms with van der Waals surface area (Å²) in [6.07, 6.45) is 4.39. The molecule has 2 rings (SSSR count). The summed E-state index contributed by atoms with van der Waals surface area (Å²) in [5.41, 5.74) is 15.7. The first-order valence-corrected chi connectivity index (χ1v) is 9.19. The molecule has 9 heteroatoms. The quantitative estimate of drug-likeness (QED) is 0.514. The van der Waals surface area contributed by atoms with Crippen LogP contribution in [0, 0.1) is 23.7 Å². The van der Waals surface area contributed by atoms with Gasteiger partial charge in [-0.2, -0.15) is 5.26 Å². The molecule has 0 amide bonds. The molecule has 0 aliphatic carbocycles. The van der Waals surface area contributed by atoms with Crippen LogP contribution in [-0.2, 0) is 0 Å². The molecule has 1 heterocycles. The summed E-state index contributed by atoms with van der Waals surface area (Å²) in [6.45, 7) is 5.36. The predicted molar refractivity (Wildman–Crippen MR) is 120 cm³/mol. The summed E-state index contributed by atoms with van der Waals surface area (Å²) >= 11 is 0. The molecule has 0 aliphatic heterocycles. The summed E-state index contributed by atoms with van der Waals surface area (Å²) in [6, 6.07) is 3.67. The number of nitrogens with one attached hydrogen (secondary N) is 2. The number of nitrogens with two attached hydrogens (primary N) is 2. The van der Waals surface area contributed by atoms with Crippen molar-refractivity contribution in [3.05, 3.63) is 46.4 Å². The Morgan fingerprint density at radius 3 is 2.63 bits per heavy atom. The maximum absolute atomic E-state index is 9.68. The number of ether oxygens (including phenoxy) is 1. The van der Waals surface area contributed by atoms with Gasteiger partial charge in [0.15, 0.2) is 0 Å². The molecule has 0 spiro atoms. The first kappa shape index (κ1) is 22.4. The van der Waals surface area contributed by atoms with E-state index in [4.69, 9.17) is 21.6 Å². The van der Waals surface area contributed by atoms with E-state index >= 15 is 0 Å². The molecule has 0 fully saturated rings. The number of nitrogen functional groups attached to an aromatic ring is 1. The summed E-state index contributed by atoms with van der Waals surface area (Å²) in [7, 11) is 3.21. The fraction of sp³-hybridized carbons (Fsp3) is 0.286. The van der Waals surface area contributed by atoms with Crippen LogP contribution in [0.15, 0.2) is 23.6 Å². The molecule has 0 bridgehead atoms. The summed E-state index contributed by atoms with van der Waals surface area (Å²) in [4.78, 5) is 12.3. The molecular formula is C21H26N8O. The highest BCUT2D eigenvalue weighted by molar-refractivity contribution is 6.11. The molecule has 1 aromatic heterocycles. The lowest BCUT2D eigenvalue weighted by molar-refractivity contribution is 0.406. The first-order valence-electron chi connectivity index (χ1n) is 9.19. The Morgan fingerprint density at radius 2 is 2.10 bits per heavy atom. The number of aliphatic imine (C=N–C) groups is 1. The van der Waals surface area contributed by atoms with Gasteiger partial charge in [0.1, 0.15) is 23.7 Å². The average molecular weight is 406 g/mol. The monoisotopic (exact) mass is 406 g/mol. The number of hydrogen-bond acceptors (Lipinski definition) is 9. The zero-order chi connectivity index (χ0) is 22.4. The molecule has 9 nitrogen and oxygen atoms in total. The van der Waals surface area contributed by atoms with Crippen molar-refractivity contribution in [2.45, 2.75) is 26.8 Å². The minimum Gasteiger partial charge on any atom is -0.496 e. The van der Waals surface area contributed by atoms with Gasteiger partial charge in [0.25, 0.3) is 0 Å². The maximum atomic E-state index is 9.68. The van der Waals surface area contributed by atoms with E-state index in [0.29, 0.717) is 33.8 Å². The van der Waals surface area contributed by atoms with Gasteiger partial charge in [-0.15, -0.1) is 0 Å². The van der Waals surface area contributed by atoms with E-state index in [9.17, 15) is 5.26 Å². The Kier molecular flexibility index (Phi) is 7.09. The number of anilines is 2. The molecule has 6 N–H and O–H groups in total. The van der Waals surface area contributed by atoms with E-state index in [-0.39, 0.29) is 17.6 Å². The van der Waals surface area contributed by atoms with Crippen molar-refractivity contribution in [2.75, 3.05) is 25.2 Å². The van der Waals surface area contributed by atoms with Gasteiger partial charge in [0, 0.05) is 41.9 Å². The van der Waals surface area contributed by atoms with Crippen LogP contribution in [0.4, 0.5) is 11.6 Å². The van der Waals surface area contributed by atoms with Crippen molar-refractivity contribution in [2.24, 2.45) is 10.7 Å². The number of nitriles is 1. The number of nitrogens with zero attached hydrogens (tertiary/aromatic N) is 4. The maximum Gasteiger partial charge on any atom is 0.141 e. The Morgan fingerprint density at radius 1 is 1.40 bits per heavy atom. The fourth-order valence-electron chi connectivity index (χ4n) is 3.28. The SMILES string of the molecule is CN=CC(=CN)c1c(C)c(C#N)cc(C(C)Nc2ncnc(N)c2C(C)=N)c1OC. The lowest BCUT2D eigenvalue weighted by Crippen LogP contribution is -2.16.